The van der Waals surface area contributed by atoms with Crippen molar-refractivity contribution in [3.8, 4) is 0 Å². The molecule has 1 atom stereocenters. The number of benzene rings is 1. The van der Waals surface area contributed by atoms with E-state index in [1.165, 1.54) is 0 Å². The van der Waals surface area contributed by atoms with Crippen molar-refractivity contribution >= 4 is 17.7 Å². The van der Waals surface area contributed by atoms with Crippen LogP contribution in [0.5, 0.6) is 0 Å². The third-order valence-corrected chi connectivity index (χ3v) is 6.67. The molecule has 0 N–H and O–H groups in total. The van der Waals surface area contributed by atoms with Gasteiger partial charge in [-0.1, -0.05) is 12.1 Å². The first-order valence-corrected chi connectivity index (χ1v) is 11.7. The highest BCUT2D eigenvalue weighted by molar-refractivity contribution is 7.98. The molecule has 1 aromatic carbocycles. The van der Waals surface area contributed by atoms with Gasteiger partial charge in [-0.3, -0.25) is 4.79 Å². The van der Waals surface area contributed by atoms with E-state index in [2.05, 4.69) is 9.80 Å². The minimum atomic E-state index is 0.155. The van der Waals surface area contributed by atoms with Gasteiger partial charge >= 0.3 is 0 Å². The topological polar surface area (TPSA) is 42.0 Å². The summed E-state index contributed by atoms with van der Waals surface area (Å²) < 4.78 is 11.1. The highest BCUT2D eigenvalue weighted by Gasteiger charge is 2.28. The van der Waals surface area contributed by atoms with E-state index in [9.17, 15) is 4.79 Å². The summed E-state index contributed by atoms with van der Waals surface area (Å²) in [5.41, 5.74) is 0.825. The van der Waals surface area contributed by atoms with Gasteiger partial charge in [0.2, 0.25) is 0 Å². The standard InChI is InChI=1S/C22H34N2O3S/c1-26-15-13-23-11-9-18(10-12-23)16-24(17-19-6-5-14-27-19)22(25)20-7-3-4-8-21(20)28-2/h3-4,7-8,18-19H,5-6,9-17H2,1-2H3. The average molecular weight is 407 g/mol. The first-order chi connectivity index (χ1) is 13.7. The molecule has 1 unspecified atom stereocenters. The average Bonchev–Trinajstić information content (AvgIpc) is 3.25. The maximum atomic E-state index is 13.4. The molecule has 0 spiro atoms. The lowest BCUT2D eigenvalue weighted by atomic mass is 9.95. The summed E-state index contributed by atoms with van der Waals surface area (Å²) in [6.07, 6.45) is 6.67. The number of likely N-dealkylation sites (tertiary alicyclic amines) is 1. The Morgan fingerprint density at radius 3 is 2.71 bits per heavy atom. The van der Waals surface area contributed by atoms with E-state index in [0.29, 0.717) is 12.5 Å². The lowest BCUT2D eigenvalue weighted by molar-refractivity contribution is 0.0434. The number of carbonyl (C=O) groups is 1. The number of carbonyl (C=O) groups excluding carboxylic acids is 1. The first kappa shape index (κ1) is 21.6. The summed E-state index contributed by atoms with van der Waals surface area (Å²) in [6, 6.07) is 7.97. The molecule has 156 valence electrons. The summed E-state index contributed by atoms with van der Waals surface area (Å²) in [5, 5.41) is 0. The van der Waals surface area contributed by atoms with Crippen LogP contribution in [0.15, 0.2) is 29.2 Å². The van der Waals surface area contributed by atoms with Gasteiger partial charge in [0.05, 0.1) is 18.3 Å². The van der Waals surface area contributed by atoms with Gasteiger partial charge in [-0.25, -0.2) is 0 Å². The van der Waals surface area contributed by atoms with Crippen molar-refractivity contribution in [2.24, 2.45) is 5.92 Å². The molecule has 0 bridgehead atoms. The molecule has 6 heteroatoms. The van der Waals surface area contributed by atoms with E-state index in [0.717, 1.165) is 75.5 Å². The van der Waals surface area contributed by atoms with Crippen LogP contribution >= 0.6 is 11.8 Å². The van der Waals surface area contributed by atoms with Crippen LogP contribution in [0.4, 0.5) is 0 Å². The Kier molecular flexibility index (Phi) is 8.65. The molecular formula is C22H34N2O3S. The second-order valence-electron chi connectivity index (χ2n) is 7.82. The predicted octanol–water partition coefficient (Wildman–Crippen LogP) is 3.39. The minimum absolute atomic E-state index is 0.155. The molecule has 2 aliphatic heterocycles. The fourth-order valence-electron chi connectivity index (χ4n) is 4.19. The quantitative estimate of drug-likeness (QED) is 0.588. The van der Waals surface area contributed by atoms with Gasteiger partial charge in [-0.2, -0.15) is 0 Å². The van der Waals surface area contributed by atoms with Crippen LogP contribution in [0.2, 0.25) is 0 Å². The second kappa shape index (κ2) is 11.2. The lowest BCUT2D eigenvalue weighted by Gasteiger charge is -2.35. The summed E-state index contributed by atoms with van der Waals surface area (Å²) >= 11 is 1.64. The number of amides is 1. The number of hydrogen-bond donors (Lipinski definition) is 0. The molecular weight excluding hydrogens is 372 g/mol. The van der Waals surface area contributed by atoms with Gasteiger partial charge in [0.1, 0.15) is 0 Å². The van der Waals surface area contributed by atoms with E-state index < -0.39 is 0 Å². The second-order valence-corrected chi connectivity index (χ2v) is 8.67. The third kappa shape index (κ3) is 5.96. The summed E-state index contributed by atoms with van der Waals surface area (Å²) in [6.45, 7) is 6.36. The van der Waals surface area contributed by atoms with E-state index >= 15 is 0 Å². The van der Waals surface area contributed by atoms with Crippen LogP contribution in [0.3, 0.4) is 0 Å². The molecule has 0 saturated carbocycles. The zero-order chi connectivity index (χ0) is 19.8. The Morgan fingerprint density at radius 2 is 2.04 bits per heavy atom. The molecule has 28 heavy (non-hydrogen) atoms. The van der Waals surface area contributed by atoms with Crippen LogP contribution in [0, 0.1) is 5.92 Å². The van der Waals surface area contributed by atoms with Crippen molar-refractivity contribution in [2.75, 3.05) is 59.3 Å². The predicted molar refractivity (Wildman–Crippen MR) is 114 cm³/mol. The van der Waals surface area contributed by atoms with Crippen molar-refractivity contribution < 1.29 is 14.3 Å². The van der Waals surface area contributed by atoms with E-state index in [1.54, 1.807) is 18.9 Å². The zero-order valence-electron chi connectivity index (χ0n) is 17.3. The number of piperidine rings is 1. The number of methoxy groups -OCH3 is 1. The first-order valence-electron chi connectivity index (χ1n) is 10.5. The molecule has 1 aromatic rings. The summed E-state index contributed by atoms with van der Waals surface area (Å²) in [7, 11) is 1.76. The van der Waals surface area contributed by atoms with Crippen molar-refractivity contribution in [3.05, 3.63) is 29.8 Å². The monoisotopic (exact) mass is 406 g/mol. The highest BCUT2D eigenvalue weighted by atomic mass is 32.2. The van der Waals surface area contributed by atoms with Crippen molar-refractivity contribution in [2.45, 2.75) is 36.7 Å². The van der Waals surface area contributed by atoms with Gasteiger partial charge in [-0.15, -0.1) is 11.8 Å². The SMILES string of the molecule is COCCN1CCC(CN(CC2CCCO2)C(=O)c2ccccc2SC)CC1. The number of thioether (sulfide) groups is 1. The van der Waals surface area contributed by atoms with Crippen LogP contribution < -0.4 is 0 Å². The Balaban J connectivity index is 1.64. The van der Waals surface area contributed by atoms with Crippen LogP contribution in [0.25, 0.3) is 0 Å². The number of nitrogens with zero attached hydrogens (tertiary/aromatic N) is 2. The Morgan fingerprint density at radius 1 is 1.25 bits per heavy atom. The highest BCUT2D eigenvalue weighted by Crippen LogP contribution is 2.25. The number of rotatable bonds is 9. The normalized spacial score (nSPS) is 21.1. The molecule has 2 aliphatic rings. The van der Waals surface area contributed by atoms with Crippen LogP contribution in [-0.4, -0.2) is 81.1 Å². The molecule has 0 radical (unpaired) electrons. The largest absolute Gasteiger partial charge is 0.383 e. The van der Waals surface area contributed by atoms with Crippen molar-refractivity contribution in [1.29, 1.82) is 0 Å². The van der Waals surface area contributed by atoms with E-state index in [-0.39, 0.29) is 12.0 Å². The zero-order valence-corrected chi connectivity index (χ0v) is 18.1. The summed E-state index contributed by atoms with van der Waals surface area (Å²) in [4.78, 5) is 19.0. The van der Waals surface area contributed by atoms with Gasteiger partial charge in [-0.05, 0) is 63.1 Å². The minimum Gasteiger partial charge on any atom is -0.383 e. The van der Waals surface area contributed by atoms with Gasteiger partial charge < -0.3 is 19.3 Å². The fourth-order valence-corrected chi connectivity index (χ4v) is 4.78. The maximum Gasteiger partial charge on any atom is 0.255 e. The molecule has 3 rings (SSSR count). The van der Waals surface area contributed by atoms with Gasteiger partial charge in [0.15, 0.2) is 0 Å². The smallest absolute Gasteiger partial charge is 0.255 e. The lowest BCUT2D eigenvalue weighted by Crippen LogP contribution is -2.44. The molecule has 0 aromatic heterocycles. The van der Waals surface area contributed by atoms with Crippen molar-refractivity contribution in [3.63, 3.8) is 0 Å². The Bertz CT molecular complexity index is 614. The van der Waals surface area contributed by atoms with Gasteiger partial charge in [0.25, 0.3) is 5.91 Å². The molecule has 2 saturated heterocycles. The molecule has 1 amide bonds. The number of ether oxygens (including phenoxy) is 2. The molecule has 5 nitrogen and oxygen atoms in total. The van der Waals surface area contributed by atoms with E-state index in [1.807, 2.05) is 30.5 Å². The molecule has 2 fully saturated rings. The van der Waals surface area contributed by atoms with Gasteiger partial charge in [0, 0.05) is 38.2 Å². The third-order valence-electron chi connectivity index (χ3n) is 5.87. The van der Waals surface area contributed by atoms with E-state index in [4.69, 9.17) is 9.47 Å². The van der Waals surface area contributed by atoms with Crippen LogP contribution in [0.1, 0.15) is 36.0 Å². The maximum absolute atomic E-state index is 13.4. The van der Waals surface area contributed by atoms with Crippen molar-refractivity contribution in [1.82, 2.24) is 9.80 Å². The summed E-state index contributed by atoms with van der Waals surface area (Å²) in [5.74, 6) is 0.716. The molecule has 2 heterocycles. The Labute approximate surface area is 173 Å². The molecule has 0 aliphatic carbocycles. The van der Waals surface area contributed by atoms with Crippen LogP contribution in [-0.2, 0) is 9.47 Å². The Hall–Kier alpha value is -1.08. The fraction of sp³-hybridized carbons (Fsp3) is 0.682. The number of hydrogen-bond acceptors (Lipinski definition) is 5.